The molecule has 0 atom stereocenters. The first-order chi connectivity index (χ1) is 9.58. The van der Waals surface area contributed by atoms with Crippen LogP contribution in [0.3, 0.4) is 0 Å². The van der Waals surface area contributed by atoms with Crippen molar-refractivity contribution in [1.82, 2.24) is 4.57 Å². The Labute approximate surface area is 116 Å². The van der Waals surface area contributed by atoms with Crippen LogP contribution in [0.4, 0.5) is 0 Å². The van der Waals surface area contributed by atoms with Gasteiger partial charge in [0.1, 0.15) is 0 Å². The molecule has 20 heavy (non-hydrogen) atoms. The molecule has 2 aromatic heterocycles. The summed E-state index contributed by atoms with van der Waals surface area (Å²) < 4.78 is 7.29. The van der Waals surface area contributed by atoms with Crippen molar-refractivity contribution in [2.24, 2.45) is 0 Å². The van der Waals surface area contributed by atoms with Gasteiger partial charge < -0.3 is 14.1 Å². The van der Waals surface area contributed by atoms with Gasteiger partial charge in [-0.3, -0.25) is 0 Å². The van der Waals surface area contributed by atoms with Crippen LogP contribution in [0.2, 0.25) is 0 Å². The molecular weight excluding hydrogens is 254 g/mol. The number of benzene rings is 1. The molecule has 0 saturated carbocycles. The van der Waals surface area contributed by atoms with Crippen LogP contribution in [-0.4, -0.2) is 15.6 Å². The number of carbonyl (C=O) groups is 1. The van der Waals surface area contributed by atoms with E-state index in [1.165, 1.54) is 0 Å². The molecule has 0 fully saturated rings. The molecule has 4 nitrogen and oxygen atoms in total. The largest absolute Gasteiger partial charge is 0.478 e. The molecule has 0 bridgehead atoms. The first-order valence-corrected chi connectivity index (χ1v) is 6.41. The molecule has 0 radical (unpaired) electrons. The maximum atomic E-state index is 11.1. The second-order valence-corrected chi connectivity index (χ2v) is 4.97. The third-order valence-electron chi connectivity index (χ3n) is 3.81. The fourth-order valence-electron chi connectivity index (χ4n) is 2.55. The van der Waals surface area contributed by atoms with E-state index < -0.39 is 5.97 Å². The molecule has 0 spiro atoms. The number of fused-ring (bicyclic) bond motifs is 1. The summed E-state index contributed by atoms with van der Waals surface area (Å²) >= 11 is 0. The predicted octanol–water partition coefficient (Wildman–Crippen LogP) is 3.60. The Kier molecular flexibility index (Phi) is 2.86. The van der Waals surface area contributed by atoms with E-state index in [4.69, 9.17) is 9.52 Å². The van der Waals surface area contributed by atoms with E-state index in [1.807, 2.05) is 19.1 Å². The monoisotopic (exact) mass is 269 g/mol. The molecule has 2 heterocycles. The summed E-state index contributed by atoms with van der Waals surface area (Å²) in [4.78, 5) is 11.1. The number of rotatable bonds is 3. The average molecular weight is 269 g/mol. The Morgan fingerprint density at radius 1 is 1.30 bits per heavy atom. The van der Waals surface area contributed by atoms with Crippen LogP contribution in [-0.2, 0) is 6.54 Å². The van der Waals surface area contributed by atoms with Gasteiger partial charge in [-0.2, -0.15) is 0 Å². The van der Waals surface area contributed by atoms with E-state index in [0.717, 1.165) is 34.3 Å². The first kappa shape index (κ1) is 12.5. The van der Waals surface area contributed by atoms with Crippen molar-refractivity contribution < 1.29 is 14.3 Å². The molecule has 0 saturated heterocycles. The van der Waals surface area contributed by atoms with Crippen molar-refractivity contribution in [2.45, 2.75) is 20.4 Å². The molecule has 3 aromatic rings. The number of aromatic carboxylic acids is 1. The summed E-state index contributed by atoms with van der Waals surface area (Å²) in [6, 6.07) is 7.20. The maximum absolute atomic E-state index is 11.1. The van der Waals surface area contributed by atoms with Crippen molar-refractivity contribution >= 4 is 16.9 Å². The van der Waals surface area contributed by atoms with Gasteiger partial charge in [0.15, 0.2) is 0 Å². The van der Waals surface area contributed by atoms with Crippen molar-refractivity contribution in [3.8, 4) is 0 Å². The van der Waals surface area contributed by atoms with Crippen molar-refractivity contribution in [3.63, 3.8) is 0 Å². The number of carboxylic acids is 1. The zero-order valence-corrected chi connectivity index (χ0v) is 11.4. The average Bonchev–Trinajstić information content (AvgIpc) is 3.02. The Morgan fingerprint density at radius 3 is 2.75 bits per heavy atom. The van der Waals surface area contributed by atoms with E-state index in [0.29, 0.717) is 5.56 Å². The quantitative estimate of drug-likeness (QED) is 0.790. The number of nitrogens with zero attached hydrogens (tertiary/aromatic N) is 1. The van der Waals surface area contributed by atoms with Crippen molar-refractivity contribution in [3.05, 3.63) is 59.2 Å². The van der Waals surface area contributed by atoms with E-state index in [1.54, 1.807) is 24.7 Å². The van der Waals surface area contributed by atoms with Crippen LogP contribution in [0.1, 0.15) is 27.2 Å². The van der Waals surface area contributed by atoms with Gasteiger partial charge in [-0.05, 0) is 43.7 Å². The number of hydrogen-bond donors (Lipinski definition) is 1. The lowest BCUT2D eigenvalue weighted by molar-refractivity contribution is 0.0697. The molecule has 3 rings (SSSR count). The fraction of sp³-hybridized carbons (Fsp3) is 0.188. The SMILES string of the molecule is Cc1c(C)n(Cc2ccoc2)c2ccc(C(=O)O)cc12. The zero-order chi connectivity index (χ0) is 14.3. The minimum Gasteiger partial charge on any atom is -0.478 e. The number of aryl methyl sites for hydroxylation is 1. The number of aromatic nitrogens is 1. The molecule has 0 amide bonds. The summed E-state index contributed by atoms with van der Waals surface area (Å²) in [5.41, 5.74) is 4.72. The van der Waals surface area contributed by atoms with Gasteiger partial charge in [0.05, 0.1) is 24.6 Å². The second-order valence-electron chi connectivity index (χ2n) is 4.97. The van der Waals surface area contributed by atoms with Gasteiger partial charge in [-0.25, -0.2) is 4.79 Å². The summed E-state index contributed by atoms with van der Waals surface area (Å²) in [6.07, 6.45) is 3.39. The maximum Gasteiger partial charge on any atom is 0.335 e. The second kappa shape index (κ2) is 4.56. The van der Waals surface area contributed by atoms with Crippen LogP contribution >= 0.6 is 0 Å². The Bertz CT molecular complexity index is 782. The lowest BCUT2D eigenvalue weighted by atomic mass is 10.1. The van der Waals surface area contributed by atoms with E-state index in [9.17, 15) is 4.79 Å². The highest BCUT2D eigenvalue weighted by atomic mass is 16.4. The third-order valence-corrected chi connectivity index (χ3v) is 3.81. The standard InChI is InChI=1S/C16H15NO3/c1-10-11(2)17(8-12-5-6-20-9-12)15-4-3-13(16(18)19)7-14(10)15/h3-7,9H,8H2,1-2H3,(H,18,19). The fourth-order valence-corrected chi connectivity index (χ4v) is 2.55. The van der Waals surface area contributed by atoms with Crippen molar-refractivity contribution in [2.75, 3.05) is 0 Å². The van der Waals surface area contributed by atoms with Gasteiger partial charge >= 0.3 is 5.97 Å². The highest BCUT2D eigenvalue weighted by Crippen LogP contribution is 2.27. The third kappa shape index (κ3) is 1.90. The van der Waals surface area contributed by atoms with Gasteiger partial charge in [-0.15, -0.1) is 0 Å². The molecule has 1 N–H and O–H groups in total. The van der Waals surface area contributed by atoms with Gasteiger partial charge in [-0.1, -0.05) is 0 Å². The van der Waals surface area contributed by atoms with Crippen LogP contribution in [0.15, 0.2) is 41.2 Å². The minimum atomic E-state index is -0.897. The molecule has 0 unspecified atom stereocenters. The smallest absolute Gasteiger partial charge is 0.335 e. The summed E-state index contributed by atoms with van der Waals surface area (Å²) in [7, 11) is 0. The Hall–Kier alpha value is -2.49. The number of furan rings is 1. The number of carboxylic acid groups (broad SMARTS) is 1. The van der Waals surface area contributed by atoms with Crippen molar-refractivity contribution in [1.29, 1.82) is 0 Å². The van der Waals surface area contributed by atoms with E-state index in [2.05, 4.69) is 11.5 Å². The lowest BCUT2D eigenvalue weighted by Gasteiger charge is -2.06. The Morgan fingerprint density at radius 2 is 2.10 bits per heavy atom. The highest BCUT2D eigenvalue weighted by molar-refractivity contribution is 5.95. The number of hydrogen-bond acceptors (Lipinski definition) is 2. The molecule has 102 valence electrons. The molecular formula is C16H15NO3. The lowest BCUT2D eigenvalue weighted by Crippen LogP contribution is -2.01. The van der Waals surface area contributed by atoms with E-state index in [-0.39, 0.29) is 0 Å². The molecule has 0 aliphatic carbocycles. The van der Waals surface area contributed by atoms with Gasteiger partial charge in [0.2, 0.25) is 0 Å². The van der Waals surface area contributed by atoms with Gasteiger partial charge in [0.25, 0.3) is 0 Å². The van der Waals surface area contributed by atoms with Crippen LogP contribution in [0.5, 0.6) is 0 Å². The molecule has 0 aliphatic heterocycles. The molecule has 0 aliphatic rings. The first-order valence-electron chi connectivity index (χ1n) is 6.41. The van der Waals surface area contributed by atoms with Crippen LogP contribution in [0.25, 0.3) is 10.9 Å². The predicted molar refractivity (Wildman–Crippen MR) is 76.2 cm³/mol. The minimum absolute atomic E-state index is 0.320. The van der Waals surface area contributed by atoms with Gasteiger partial charge in [0, 0.05) is 22.2 Å². The normalized spacial score (nSPS) is 11.1. The Balaban J connectivity index is 2.17. The topological polar surface area (TPSA) is 55.4 Å². The summed E-state index contributed by atoms with van der Waals surface area (Å²) in [5, 5.41) is 10.1. The van der Waals surface area contributed by atoms with Crippen LogP contribution < -0.4 is 0 Å². The van der Waals surface area contributed by atoms with Crippen LogP contribution in [0, 0.1) is 13.8 Å². The van der Waals surface area contributed by atoms with E-state index >= 15 is 0 Å². The zero-order valence-electron chi connectivity index (χ0n) is 11.4. The highest BCUT2D eigenvalue weighted by Gasteiger charge is 2.13. The molecule has 1 aromatic carbocycles. The summed E-state index contributed by atoms with van der Waals surface area (Å²) in [6.45, 7) is 4.80. The molecule has 4 heteroatoms. The summed E-state index contributed by atoms with van der Waals surface area (Å²) in [5.74, 6) is -0.897.